The highest BCUT2D eigenvalue weighted by molar-refractivity contribution is 5.36. The average molecular weight is 491 g/mol. The lowest BCUT2D eigenvalue weighted by atomic mass is 9.92. The summed E-state index contributed by atoms with van der Waals surface area (Å²) in [5.74, 6) is -6.88. The molecule has 6 nitrogen and oxygen atoms in total. The Morgan fingerprint density at radius 2 is 1.76 bits per heavy atom. The minimum Gasteiger partial charge on any atom is -0.487 e. The van der Waals surface area contributed by atoms with Gasteiger partial charge in [-0.05, 0) is 37.3 Å². The lowest BCUT2D eigenvalue weighted by Crippen LogP contribution is -2.41. The fraction of sp³-hybridized carbons (Fsp3) is 0.333. The van der Waals surface area contributed by atoms with E-state index in [0.717, 1.165) is 22.9 Å². The first-order valence-electron chi connectivity index (χ1n) is 9.79. The van der Waals surface area contributed by atoms with E-state index in [2.05, 4.69) is 9.84 Å². The predicted molar refractivity (Wildman–Crippen MR) is 103 cm³/mol. The molecule has 0 bridgehead atoms. The summed E-state index contributed by atoms with van der Waals surface area (Å²) in [6, 6.07) is 7.00. The van der Waals surface area contributed by atoms with Gasteiger partial charge in [0, 0.05) is 11.6 Å². The van der Waals surface area contributed by atoms with Crippen LogP contribution in [-0.2, 0) is 10.3 Å². The van der Waals surface area contributed by atoms with Crippen LogP contribution in [0.2, 0.25) is 0 Å². The molecule has 1 aromatic heterocycles. The molecule has 182 valence electrons. The highest BCUT2D eigenvalue weighted by Crippen LogP contribution is 2.48. The predicted octanol–water partition coefficient (Wildman–Crippen LogP) is 4.38. The van der Waals surface area contributed by atoms with E-state index in [0.29, 0.717) is 6.07 Å². The molecule has 0 radical (unpaired) electrons. The third-order valence-electron chi connectivity index (χ3n) is 5.54. The lowest BCUT2D eigenvalue weighted by molar-refractivity contribution is -0.290. The van der Waals surface area contributed by atoms with E-state index < -0.39 is 47.7 Å². The van der Waals surface area contributed by atoms with Gasteiger partial charge >= 0.3 is 17.8 Å². The van der Waals surface area contributed by atoms with Crippen LogP contribution in [-0.4, -0.2) is 39.7 Å². The van der Waals surface area contributed by atoms with Crippen LogP contribution in [0.15, 0.2) is 53.6 Å². The number of nitrogens with zero attached hydrogens (tertiary/aromatic N) is 3. The van der Waals surface area contributed by atoms with Crippen molar-refractivity contribution >= 4 is 0 Å². The molecule has 13 heteroatoms. The molecule has 1 fully saturated rings. The van der Waals surface area contributed by atoms with Crippen molar-refractivity contribution in [2.45, 2.75) is 30.7 Å². The van der Waals surface area contributed by atoms with Crippen LogP contribution in [0.4, 0.5) is 30.7 Å². The van der Waals surface area contributed by atoms with Gasteiger partial charge in [-0.1, -0.05) is 6.07 Å². The van der Waals surface area contributed by atoms with E-state index in [1.54, 1.807) is 6.92 Å². The molecule has 2 aromatic carbocycles. The van der Waals surface area contributed by atoms with Gasteiger partial charge in [-0.15, -0.1) is 0 Å². The van der Waals surface area contributed by atoms with Crippen molar-refractivity contribution < 1.29 is 40.2 Å². The van der Waals surface area contributed by atoms with Crippen molar-refractivity contribution in [2.75, 3.05) is 13.2 Å². The molecule has 4 rings (SSSR count). The average Bonchev–Trinajstić information content (AvgIpc) is 3.47. The number of epoxide rings is 1. The molecule has 1 aliphatic rings. The maximum atomic E-state index is 14.3. The molecule has 0 amide bonds. The fourth-order valence-electron chi connectivity index (χ4n) is 3.45. The molecule has 0 saturated carbocycles. The first-order chi connectivity index (χ1) is 15.9. The van der Waals surface area contributed by atoms with E-state index in [-0.39, 0.29) is 23.6 Å². The zero-order valence-corrected chi connectivity index (χ0v) is 17.3. The van der Waals surface area contributed by atoms with Gasteiger partial charge in [0.2, 0.25) is 0 Å². The number of hydrogen-bond donors (Lipinski definition) is 0. The van der Waals surface area contributed by atoms with Crippen LogP contribution in [0.1, 0.15) is 18.5 Å². The Bertz CT molecular complexity index is 1250. The summed E-state index contributed by atoms with van der Waals surface area (Å²) in [6.07, 6.45) is -4.56. The van der Waals surface area contributed by atoms with Crippen molar-refractivity contribution in [1.29, 1.82) is 0 Å². The number of benzene rings is 2. The van der Waals surface area contributed by atoms with Crippen LogP contribution < -0.4 is 10.4 Å². The number of alkyl halides is 5. The van der Waals surface area contributed by atoms with Gasteiger partial charge in [-0.2, -0.15) is 31.7 Å². The molecule has 2 atom stereocenters. The molecule has 3 aromatic rings. The molecular weight excluding hydrogens is 475 g/mol. The largest absolute Gasteiger partial charge is 0.487 e. The van der Waals surface area contributed by atoms with Crippen molar-refractivity contribution in [3.05, 3.63) is 76.5 Å². The molecule has 1 aliphatic heterocycles. The normalized spacial score (nSPS) is 19.2. The van der Waals surface area contributed by atoms with Gasteiger partial charge in [-0.25, -0.2) is 13.6 Å². The summed E-state index contributed by atoms with van der Waals surface area (Å²) < 4.78 is 102. The van der Waals surface area contributed by atoms with Crippen LogP contribution in [0.5, 0.6) is 5.75 Å². The summed E-state index contributed by atoms with van der Waals surface area (Å²) >= 11 is 0. The number of ether oxygens (including phenoxy) is 2. The maximum absolute atomic E-state index is 14.3. The topological polar surface area (TPSA) is 61.6 Å². The van der Waals surface area contributed by atoms with Crippen molar-refractivity contribution in [3.63, 3.8) is 0 Å². The van der Waals surface area contributed by atoms with Gasteiger partial charge in [-0.3, -0.25) is 4.57 Å². The molecule has 1 saturated heterocycles. The van der Waals surface area contributed by atoms with E-state index in [9.17, 15) is 35.5 Å². The van der Waals surface area contributed by atoms with Crippen LogP contribution in [0.25, 0.3) is 5.69 Å². The Kier molecular flexibility index (Phi) is 5.70. The summed E-state index contributed by atoms with van der Waals surface area (Å²) in [5.41, 5.74) is -1.60. The van der Waals surface area contributed by atoms with E-state index in [4.69, 9.17) is 4.74 Å². The Morgan fingerprint density at radius 3 is 2.32 bits per heavy atom. The van der Waals surface area contributed by atoms with E-state index >= 15 is 0 Å². The number of halogens is 7. The first-order valence-corrected chi connectivity index (χ1v) is 9.79. The van der Waals surface area contributed by atoms with Gasteiger partial charge < -0.3 is 9.47 Å². The van der Waals surface area contributed by atoms with Crippen LogP contribution in [0, 0.1) is 11.6 Å². The minimum absolute atomic E-state index is 0.0817. The second kappa shape index (κ2) is 8.15. The van der Waals surface area contributed by atoms with E-state index in [1.165, 1.54) is 29.1 Å². The Labute approximate surface area is 187 Å². The molecule has 34 heavy (non-hydrogen) atoms. The van der Waals surface area contributed by atoms with Gasteiger partial charge in [0.1, 0.15) is 29.3 Å². The Hall–Kier alpha value is -3.35. The van der Waals surface area contributed by atoms with Crippen molar-refractivity contribution in [3.8, 4) is 11.4 Å². The molecular formula is C21H16F7N3O3. The standard InChI is InChI=1S/C21H16F7N3O3/c1-12(19(9-34-19)16-7-2-13(22)8-17(16)23)30-11-29-31(18(30)32)14-3-5-15(6-4-14)33-10-20(24,25)21(26,27)28/h2-8,11-12H,9-10H2,1H3/t12-,19-/m1/s1. The summed E-state index contributed by atoms with van der Waals surface area (Å²) in [6.45, 7) is -0.214. The second-order valence-corrected chi connectivity index (χ2v) is 7.70. The summed E-state index contributed by atoms with van der Waals surface area (Å²) in [4.78, 5) is 12.9. The third kappa shape index (κ3) is 4.15. The van der Waals surface area contributed by atoms with Gasteiger partial charge in [0.05, 0.1) is 18.3 Å². The molecule has 0 aliphatic carbocycles. The lowest BCUT2D eigenvalue weighted by Gasteiger charge is -2.21. The van der Waals surface area contributed by atoms with Crippen LogP contribution in [0.3, 0.4) is 0 Å². The van der Waals surface area contributed by atoms with E-state index in [1.807, 2.05) is 0 Å². The Balaban J connectivity index is 1.53. The van der Waals surface area contributed by atoms with Gasteiger partial charge in [0.15, 0.2) is 6.61 Å². The first kappa shape index (κ1) is 23.8. The number of hydrogen-bond acceptors (Lipinski definition) is 4. The fourth-order valence-corrected chi connectivity index (χ4v) is 3.45. The van der Waals surface area contributed by atoms with Crippen molar-refractivity contribution in [1.82, 2.24) is 14.3 Å². The zero-order valence-electron chi connectivity index (χ0n) is 17.3. The number of aromatic nitrogens is 3. The maximum Gasteiger partial charge on any atom is 0.456 e. The smallest absolute Gasteiger partial charge is 0.456 e. The second-order valence-electron chi connectivity index (χ2n) is 7.70. The molecule has 2 heterocycles. The van der Waals surface area contributed by atoms with Crippen molar-refractivity contribution in [2.24, 2.45) is 0 Å². The van der Waals surface area contributed by atoms with Gasteiger partial charge in [0.25, 0.3) is 0 Å². The van der Waals surface area contributed by atoms with Crippen LogP contribution >= 0.6 is 0 Å². The highest BCUT2D eigenvalue weighted by atomic mass is 19.4. The quantitative estimate of drug-likeness (QED) is 0.364. The third-order valence-corrected chi connectivity index (χ3v) is 5.54. The molecule has 0 spiro atoms. The summed E-state index contributed by atoms with van der Waals surface area (Å²) in [5, 5.41) is 3.97. The SMILES string of the molecule is C[C@@H](n1cnn(-c2ccc(OCC(F)(F)C(F)(F)F)cc2)c1=O)[C@@]1(c2ccc(F)cc2F)CO1. The molecule has 0 N–H and O–H groups in total. The molecule has 0 unspecified atom stereocenters. The summed E-state index contributed by atoms with van der Waals surface area (Å²) in [7, 11) is 0. The zero-order chi connectivity index (χ0) is 24.9. The Morgan fingerprint density at radius 1 is 1.12 bits per heavy atom. The monoisotopic (exact) mass is 491 g/mol. The minimum atomic E-state index is -5.75. The highest BCUT2D eigenvalue weighted by Gasteiger charge is 2.58. The number of rotatable bonds is 7.